The number of nitrogens with zero attached hydrogens (tertiary/aromatic N) is 5. The Morgan fingerprint density at radius 3 is 2.69 bits per heavy atom. The number of aryl methyl sites for hydroxylation is 1. The fourth-order valence-corrected chi connectivity index (χ4v) is 5.81. The number of likely N-dealkylation sites (tertiary alicyclic amines) is 1. The largest absolute Gasteiger partial charge is 0.355 e. The molecule has 192 valence electrons. The number of fused-ring (bicyclic) bond motifs is 1. The van der Waals surface area contributed by atoms with Gasteiger partial charge < -0.3 is 15.5 Å². The Balaban J connectivity index is 1.49. The lowest BCUT2D eigenvalue weighted by Gasteiger charge is -2.35. The average molecular weight is 532 g/mol. The third-order valence-corrected chi connectivity index (χ3v) is 7.60. The summed E-state index contributed by atoms with van der Waals surface area (Å²) in [6.07, 6.45) is 4.54. The maximum Gasteiger partial charge on any atom is 0.256 e. The summed E-state index contributed by atoms with van der Waals surface area (Å²) in [6, 6.07) is 8.42. The molecule has 1 amide bonds. The molecule has 5 rings (SSSR count). The van der Waals surface area contributed by atoms with Crippen molar-refractivity contribution in [1.82, 2.24) is 19.5 Å². The molecule has 2 fully saturated rings. The van der Waals surface area contributed by atoms with Gasteiger partial charge in [0.25, 0.3) is 5.91 Å². The van der Waals surface area contributed by atoms with Crippen LogP contribution in [0, 0.1) is 6.92 Å². The molecule has 2 aliphatic rings. The number of nitrogens with two attached hydrogens (primary N) is 1. The first-order chi connectivity index (χ1) is 17.1. The van der Waals surface area contributed by atoms with E-state index < -0.39 is 10.0 Å². The molecule has 4 heterocycles. The van der Waals surface area contributed by atoms with Crippen LogP contribution >= 0.6 is 11.6 Å². The van der Waals surface area contributed by atoms with Gasteiger partial charge in [-0.3, -0.25) is 9.52 Å². The number of nitrogens with one attached hydrogen (secondary N) is 1. The number of rotatable bonds is 5. The highest BCUT2D eigenvalue weighted by atomic mass is 35.5. The molecule has 3 aromatic rings. The molecule has 0 aliphatic carbocycles. The normalized spacial score (nSPS) is 20.8. The minimum Gasteiger partial charge on any atom is -0.355 e. The molecule has 12 heteroatoms. The summed E-state index contributed by atoms with van der Waals surface area (Å²) in [7, 11) is -3.58. The lowest BCUT2D eigenvalue weighted by atomic mass is 9.98. The number of carbonyl (C=O) groups excluding carboxylic acids is 1. The quantitative estimate of drug-likeness (QED) is 0.518. The van der Waals surface area contributed by atoms with Gasteiger partial charge in [-0.05, 0) is 50.8 Å². The number of hydrogen-bond acceptors (Lipinski definition) is 7. The summed E-state index contributed by atoms with van der Waals surface area (Å²) in [5.74, 6) is 0.591. The summed E-state index contributed by atoms with van der Waals surface area (Å²) in [5, 5.41) is 5.18. The third-order valence-electron chi connectivity index (χ3n) is 6.77. The van der Waals surface area contributed by atoms with Crippen LogP contribution in [0.15, 0.2) is 30.3 Å². The van der Waals surface area contributed by atoms with E-state index in [0.29, 0.717) is 11.6 Å². The van der Waals surface area contributed by atoms with Gasteiger partial charge in [0, 0.05) is 48.5 Å². The second kappa shape index (κ2) is 9.53. The summed E-state index contributed by atoms with van der Waals surface area (Å²) in [6.45, 7) is 4.17. The molecule has 1 aromatic carbocycles. The maximum atomic E-state index is 13.7. The van der Waals surface area contributed by atoms with Crippen LogP contribution in [0.25, 0.3) is 5.65 Å². The Hall–Kier alpha value is -2.89. The molecule has 3 N–H and O–H groups in total. The predicted octanol–water partition coefficient (Wildman–Crippen LogP) is 2.97. The first kappa shape index (κ1) is 24.8. The Bertz CT molecular complexity index is 1420. The van der Waals surface area contributed by atoms with Crippen molar-refractivity contribution in [3.63, 3.8) is 0 Å². The molecule has 2 saturated heterocycles. The zero-order valence-corrected chi connectivity index (χ0v) is 21.9. The summed E-state index contributed by atoms with van der Waals surface area (Å²) in [5.41, 5.74) is 8.94. The predicted molar refractivity (Wildman–Crippen MR) is 140 cm³/mol. The number of aromatic nitrogens is 3. The van der Waals surface area contributed by atoms with Crippen LogP contribution in [-0.2, 0) is 10.0 Å². The van der Waals surface area contributed by atoms with Gasteiger partial charge in [-0.2, -0.15) is 5.10 Å². The Kier molecular flexibility index (Phi) is 6.56. The molecule has 2 atom stereocenters. The monoisotopic (exact) mass is 531 g/mol. The number of amides is 1. The van der Waals surface area contributed by atoms with Crippen molar-refractivity contribution in [2.24, 2.45) is 5.73 Å². The number of anilines is 2. The van der Waals surface area contributed by atoms with Crippen LogP contribution in [0.3, 0.4) is 0 Å². The fraction of sp³-hybridized carbons (Fsp3) is 0.458. The summed E-state index contributed by atoms with van der Waals surface area (Å²) in [4.78, 5) is 22.5. The Labute approximate surface area is 215 Å². The van der Waals surface area contributed by atoms with E-state index >= 15 is 0 Å². The SMILES string of the molecule is Cc1cc(N2CCC(N)C2)nc2cc(C3CCCCN3C(=O)c3cc(Cl)ccc3NS(C)(=O)=O)nn12. The van der Waals surface area contributed by atoms with Gasteiger partial charge >= 0.3 is 0 Å². The molecule has 2 unspecified atom stereocenters. The highest BCUT2D eigenvalue weighted by Gasteiger charge is 2.32. The topological polar surface area (TPSA) is 126 Å². The minimum absolute atomic E-state index is 0.152. The minimum atomic E-state index is -3.58. The van der Waals surface area contributed by atoms with Crippen LogP contribution in [-0.4, -0.2) is 65.8 Å². The van der Waals surface area contributed by atoms with Crippen molar-refractivity contribution in [3.05, 3.63) is 52.3 Å². The molecule has 2 aliphatic heterocycles. The number of halogens is 1. The number of sulfonamides is 1. The van der Waals surface area contributed by atoms with E-state index in [1.807, 2.05) is 23.6 Å². The molecular formula is C24H30ClN7O3S. The van der Waals surface area contributed by atoms with Crippen molar-refractivity contribution < 1.29 is 13.2 Å². The molecule has 0 bridgehead atoms. The molecule has 0 radical (unpaired) electrons. The van der Waals surface area contributed by atoms with Crippen LogP contribution in [0.1, 0.15) is 53.5 Å². The zero-order chi connectivity index (χ0) is 25.6. The number of piperidine rings is 1. The van der Waals surface area contributed by atoms with Gasteiger partial charge in [-0.1, -0.05) is 11.6 Å². The van der Waals surface area contributed by atoms with Gasteiger partial charge in [0.15, 0.2) is 5.65 Å². The molecular weight excluding hydrogens is 502 g/mol. The fourth-order valence-electron chi connectivity index (χ4n) is 5.07. The standard InChI is InChI=1S/C24H30ClN7O3S/c1-15-11-22(30-10-8-17(26)14-30)27-23-13-20(28-32(15)23)21-5-3-4-9-31(21)24(33)18-12-16(25)6-7-19(18)29-36(2,34)35/h6-7,11-13,17,21,29H,3-5,8-10,14,26H2,1-2H3. The molecule has 2 aromatic heterocycles. The average Bonchev–Trinajstić information content (AvgIpc) is 3.45. The van der Waals surface area contributed by atoms with E-state index in [4.69, 9.17) is 27.4 Å². The van der Waals surface area contributed by atoms with Crippen molar-refractivity contribution in [2.45, 2.75) is 44.7 Å². The zero-order valence-electron chi connectivity index (χ0n) is 20.3. The Morgan fingerprint density at radius 1 is 1.17 bits per heavy atom. The third kappa shape index (κ3) is 5.00. The number of hydrogen-bond donors (Lipinski definition) is 2. The summed E-state index contributed by atoms with van der Waals surface area (Å²) >= 11 is 6.19. The van der Waals surface area contributed by atoms with Gasteiger partial charge in [0.05, 0.1) is 29.2 Å². The number of carbonyl (C=O) groups is 1. The smallest absolute Gasteiger partial charge is 0.256 e. The van der Waals surface area contributed by atoms with Crippen molar-refractivity contribution >= 4 is 44.7 Å². The van der Waals surface area contributed by atoms with E-state index in [-0.39, 0.29) is 29.2 Å². The molecule has 0 saturated carbocycles. The number of benzene rings is 1. The van der Waals surface area contributed by atoms with Crippen molar-refractivity contribution in [1.29, 1.82) is 0 Å². The second-order valence-corrected chi connectivity index (χ2v) is 11.8. The lowest BCUT2D eigenvalue weighted by Crippen LogP contribution is -2.39. The van der Waals surface area contributed by atoms with Crippen LogP contribution in [0.5, 0.6) is 0 Å². The van der Waals surface area contributed by atoms with Crippen molar-refractivity contribution in [3.8, 4) is 0 Å². The van der Waals surface area contributed by atoms with E-state index in [9.17, 15) is 13.2 Å². The summed E-state index contributed by atoms with van der Waals surface area (Å²) < 4.78 is 28.0. The van der Waals surface area contributed by atoms with Gasteiger partial charge in [-0.15, -0.1) is 0 Å². The first-order valence-corrected chi connectivity index (χ1v) is 14.3. The highest BCUT2D eigenvalue weighted by Crippen LogP contribution is 2.34. The van der Waals surface area contributed by atoms with Crippen molar-refractivity contribution in [2.75, 3.05) is 35.5 Å². The van der Waals surface area contributed by atoms with E-state index in [1.165, 1.54) is 12.1 Å². The molecule has 0 spiro atoms. The van der Waals surface area contributed by atoms with E-state index in [1.54, 1.807) is 11.0 Å². The van der Waals surface area contributed by atoms with Gasteiger partial charge in [0.1, 0.15) is 5.82 Å². The second-order valence-electron chi connectivity index (χ2n) is 9.66. The van der Waals surface area contributed by atoms with Crippen LogP contribution in [0.2, 0.25) is 5.02 Å². The van der Waals surface area contributed by atoms with Crippen LogP contribution < -0.4 is 15.4 Å². The molecule has 10 nitrogen and oxygen atoms in total. The van der Waals surface area contributed by atoms with Crippen LogP contribution in [0.4, 0.5) is 11.5 Å². The van der Waals surface area contributed by atoms with E-state index in [0.717, 1.165) is 67.9 Å². The highest BCUT2D eigenvalue weighted by molar-refractivity contribution is 7.92. The Morgan fingerprint density at radius 2 is 1.97 bits per heavy atom. The molecule has 36 heavy (non-hydrogen) atoms. The van der Waals surface area contributed by atoms with E-state index in [2.05, 4.69) is 9.62 Å². The maximum absolute atomic E-state index is 13.7. The van der Waals surface area contributed by atoms with Gasteiger partial charge in [0.2, 0.25) is 10.0 Å². The lowest BCUT2D eigenvalue weighted by molar-refractivity contribution is 0.0607. The van der Waals surface area contributed by atoms with Gasteiger partial charge in [-0.25, -0.2) is 17.9 Å². The first-order valence-electron chi connectivity index (χ1n) is 12.1.